The average molecular weight is 280 g/mol. The van der Waals surface area contributed by atoms with Gasteiger partial charge in [0.2, 0.25) is 0 Å². The van der Waals surface area contributed by atoms with Crippen LogP contribution in [0.1, 0.15) is 5.56 Å². The SMILES string of the molecule is Fc1cc2scc(CCl)c2cc1Br. The molecule has 0 saturated heterocycles. The number of hydrogen-bond acceptors (Lipinski definition) is 1. The monoisotopic (exact) mass is 278 g/mol. The molecule has 2 rings (SSSR count). The Morgan fingerprint density at radius 2 is 2.23 bits per heavy atom. The minimum absolute atomic E-state index is 0.226. The number of fused-ring (bicyclic) bond motifs is 1. The minimum Gasteiger partial charge on any atom is -0.206 e. The van der Waals surface area contributed by atoms with Crippen LogP contribution < -0.4 is 0 Å². The van der Waals surface area contributed by atoms with Crippen molar-refractivity contribution in [2.45, 2.75) is 5.88 Å². The second-order valence-electron chi connectivity index (χ2n) is 2.66. The molecule has 0 aliphatic rings. The Hall–Kier alpha value is -0.120. The molecule has 4 heteroatoms. The Balaban J connectivity index is 2.77. The highest BCUT2D eigenvalue weighted by atomic mass is 79.9. The molecule has 0 fully saturated rings. The summed E-state index contributed by atoms with van der Waals surface area (Å²) in [5, 5.41) is 3.00. The number of halogens is 3. The van der Waals surface area contributed by atoms with Crippen LogP contribution in [0.15, 0.2) is 22.0 Å². The summed E-state index contributed by atoms with van der Waals surface area (Å²) in [5.41, 5.74) is 1.06. The molecule has 0 aliphatic heterocycles. The zero-order valence-electron chi connectivity index (χ0n) is 6.48. The van der Waals surface area contributed by atoms with Crippen molar-refractivity contribution < 1.29 is 4.39 Å². The molecule has 1 aromatic carbocycles. The molecule has 0 amide bonds. The summed E-state index contributed by atoms with van der Waals surface area (Å²) in [7, 11) is 0. The van der Waals surface area contributed by atoms with Crippen molar-refractivity contribution >= 4 is 49.0 Å². The van der Waals surface area contributed by atoms with E-state index in [9.17, 15) is 4.39 Å². The molecule has 2 aromatic rings. The Morgan fingerprint density at radius 3 is 2.92 bits per heavy atom. The highest BCUT2D eigenvalue weighted by molar-refractivity contribution is 9.10. The Labute approximate surface area is 92.5 Å². The van der Waals surface area contributed by atoms with Crippen LogP contribution in [-0.4, -0.2) is 0 Å². The van der Waals surface area contributed by atoms with Gasteiger partial charge in [-0.1, -0.05) is 0 Å². The van der Waals surface area contributed by atoms with E-state index in [0.29, 0.717) is 10.4 Å². The lowest BCUT2D eigenvalue weighted by atomic mass is 10.2. The van der Waals surface area contributed by atoms with Crippen molar-refractivity contribution in [3.63, 3.8) is 0 Å². The van der Waals surface area contributed by atoms with Crippen molar-refractivity contribution in [2.75, 3.05) is 0 Å². The molecule has 0 spiro atoms. The summed E-state index contributed by atoms with van der Waals surface area (Å²) in [5.74, 6) is 0.244. The van der Waals surface area contributed by atoms with Crippen molar-refractivity contribution in [3.8, 4) is 0 Å². The molecule has 0 nitrogen and oxygen atoms in total. The molecule has 0 atom stereocenters. The van der Waals surface area contributed by atoms with Crippen molar-refractivity contribution in [3.05, 3.63) is 33.4 Å². The fourth-order valence-corrected chi connectivity index (χ4v) is 2.80. The van der Waals surface area contributed by atoms with Crippen LogP contribution in [0, 0.1) is 5.82 Å². The van der Waals surface area contributed by atoms with E-state index in [2.05, 4.69) is 15.9 Å². The fraction of sp³-hybridized carbons (Fsp3) is 0.111. The third kappa shape index (κ3) is 1.60. The third-order valence-corrected chi connectivity index (χ3v) is 3.73. The number of hydrogen-bond donors (Lipinski definition) is 0. The van der Waals surface area contributed by atoms with Crippen molar-refractivity contribution in [1.82, 2.24) is 0 Å². The van der Waals surface area contributed by atoms with Gasteiger partial charge in [0.15, 0.2) is 0 Å². The second kappa shape index (κ2) is 3.56. The zero-order valence-corrected chi connectivity index (χ0v) is 9.64. The van der Waals surface area contributed by atoms with E-state index in [0.717, 1.165) is 15.6 Å². The Bertz CT molecular complexity index is 452. The molecule has 0 radical (unpaired) electrons. The van der Waals surface area contributed by atoms with Gasteiger partial charge < -0.3 is 0 Å². The maximum absolute atomic E-state index is 13.1. The lowest BCUT2D eigenvalue weighted by Gasteiger charge is -1.96. The molecule has 0 saturated carbocycles. The first-order chi connectivity index (χ1) is 6.22. The molecule has 13 heavy (non-hydrogen) atoms. The van der Waals surface area contributed by atoms with Gasteiger partial charge in [0, 0.05) is 10.6 Å². The van der Waals surface area contributed by atoms with Gasteiger partial charge in [0.05, 0.1) is 4.47 Å². The number of rotatable bonds is 1. The van der Waals surface area contributed by atoms with Gasteiger partial charge in [0.1, 0.15) is 5.82 Å². The maximum atomic E-state index is 13.1. The van der Waals surface area contributed by atoms with Gasteiger partial charge in [-0.15, -0.1) is 22.9 Å². The van der Waals surface area contributed by atoms with Crippen LogP contribution in [0.3, 0.4) is 0 Å². The molecule has 0 unspecified atom stereocenters. The van der Waals surface area contributed by atoms with E-state index in [1.165, 1.54) is 17.4 Å². The van der Waals surface area contributed by atoms with Crippen LogP contribution in [-0.2, 0) is 5.88 Å². The standard InChI is InChI=1S/C9H5BrClFS/c10-7-1-6-5(3-11)4-13-9(6)2-8(7)12/h1-2,4H,3H2. The first-order valence-corrected chi connectivity index (χ1v) is 5.84. The van der Waals surface area contributed by atoms with Crippen molar-refractivity contribution in [1.29, 1.82) is 0 Å². The number of alkyl halides is 1. The Kier molecular flexibility index (Phi) is 2.58. The first kappa shape index (κ1) is 9.44. The smallest absolute Gasteiger partial charge is 0.138 e. The molecule has 0 aliphatic carbocycles. The van der Waals surface area contributed by atoms with Crippen molar-refractivity contribution in [2.24, 2.45) is 0 Å². The lowest BCUT2D eigenvalue weighted by molar-refractivity contribution is 0.623. The molecule has 1 heterocycles. The highest BCUT2D eigenvalue weighted by Gasteiger charge is 2.07. The van der Waals surface area contributed by atoms with E-state index in [1.54, 1.807) is 6.07 Å². The van der Waals surface area contributed by atoms with E-state index in [-0.39, 0.29) is 5.82 Å². The number of thiophene rings is 1. The molecule has 68 valence electrons. The molecular formula is C9H5BrClFS. The van der Waals surface area contributed by atoms with Gasteiger partial charge >= 0.3 is 0 Å². The van der Waals surface area contributed by atoms with E-state index < -0.39 is 0 Å². The van der Waals surface area contributed by atoms with Gasteiger partial charge in [-0.2, -0.15) is 0 Å². The van der Waals surface area contributed by atoms with Gasteiger partial charge in [-0.25, -0.2) is 4.39 Å². The molecule has 0 bridgehead atoms. The predicted molar refractivity (Wildman–Crippen MR) is 59.0 cm³/mol. The van der Waals surface area contributed by atoms with Crippen LogP contribution >= 0.6 is 38.9 Å². The summed E-state index contributed by atoms with van der Waals surface area (Å²) in [4.78, 5) is 0. The molecule has 1 aromatic heterocycles. The number of benzene rings is 1. The molecule has 0 N–H and O–H groups in total. The normalized spacial score (nSPS) is 11.0. The highest BCUT2D eigenvalue weighted by Crippen LogP contribution is 2.31. The topological polar surface area (TPSA) is 0 Å². The van der Waals surface area contributed by atoms with Gasteiger partial charge in [0.25, 0.3) is 0 Å². The summed E-state index contributed by atoms with van der Waals surface area (Å²) in [6.07, 6.45) is 0. The first-order valence-electron chi connectivity index (χ1n) is 3.63. The van der Waals surface area contributed by atoms with Crippen LogP contribution in [0.4, 0.5) is 4.39 Å². The zero-order chi connectivity index (χ0) is 9.42. The van der Waals surface area contributed by atoms with E-state index in [1.807, 2.05) is 5.38 Å². The summed E-state index contributed by atoms with van der Waals surface area (Å²) < 4.78 is 14.5. The van der Waals surface area contributed by atoms with E-state index >= 15 is 0 Å². The average Bonchev–Trinajstić information content (AvgIpc) is 2.48. The van der Waals surface area contributed by atoms with Crippen LogP contribution in [0.5, 0.6) is 0 Å². The minimum atomic E-state index is -0.226. The van der Waals surface area contributed by atoms with Crippen LogP contribution in [0.2, 0.25) is 0 Å². The lowest BCUT2D eigenvalue weighted by Crippen LogP contribution is -1.78. The summed E-state index contributed by atoms with van der Waals surface area (Å²) in [6, 6.07) is 3.30. The predicted octanol–water partition coefficient (Wildman–Crippen LogP) is 4.54. The summed E-state index contributed by atoms with van der Waals surface area (Å²) >= 11 is 10.4. The quantitative estimate of drug-likeness (QED) is 0.672. The third-order valence-electron chi connectivity index (χ3n) is 1.84. The molecular weight excluding hydrogens is 275 g/mol. The second-order valence-corrected chi connectivity index (χ2v) is 4.69. The maximum Gasteiger partial charge on any atom is 0.138 e. The van der Waals surface area contributed by atoms with E-state index in [4.69, 9.17) is 11.6 Å². The fourth-order valence-electron chi connectivity index (χ4n) is 1.18. The summed E-state index contributed by atoms with van der Waals surface area (Å²) in [6.45, 7) is 0. The van der Waals surface area contributed by atoms with Gasteiger partial charge in [-0.3, -0.25) is 0 Å². The van der Waals surface area contributed by atoms with Crippen LogP contribution in [0.25, 0.3) is 10.1 Å². The largest absolute Gasteiger partial charge is 0.206 e. The Morgan fingerprint density at radius 1 is 1.46 bits per heavy atom. The van der Waals surface area contributed by atoms with Gasteiger partial charge in [-0.05, 0) is 44.4 Å².